The van der Waals surface area contributed by atoms with Crippen LogP contribution in [0.2, 0.25) is 0 Å². The summed E-state index contributed by atoms with van der Waals surface area (Å²) in [6.45, 7) is -0.159. The molecule has 0 unspecified atom stereocenters. The van der Waals surface area contributed by atoms with Crippen molar-refractivity contribution in [3.05, 3.63) is 23.8 Å². The van der Waals surface area contributed by atoms with Gasteiger partial charge in [-0.3, -0.25) is 14.5 Å². The lowest BCUT2D eigenvalue weighted by Crippen LogP contribution is -2.47. The van der Waals surface area contributed by atoms with Gasteiger partial charge in [-0.1, -0.05) is 6.07 Å². The Morgan fingerprint density at radius 3 is 2.63 bits per heavy atom. The number of hydrogen-bond donors (Lipinski definition) is 1. The summed E-state index contributed by atoms with van der Waals surface area (Å²) in [6.07, 6.45) is -5.46. The molecular formula is C17H16F3NO6. The molecular weight excluding hydrogens is 371 g/mol. The normalized spacial score (nSPS) is 33.7. The van der Waals surface area contributed by atoms with E-state index in [9.17, 15) is 27.9 Å². The molecule has 27 heavy (non-hydrogen) atoms. The monoisotopic (exact) mass is 387 g/mol. The molecule has 1 N–H and O–H groups in total. The van der Waals surface area contributed by atoms with Crippen LogP contribution in [-0.4, -0.2) is 53.6 Å². The van der Waals surface area contributed by atoms with Crippen LogP contribution in [0.4, 0.5) is 13.2 Å². The fourth-order valence-corrected chi connectivity index (χ4v) is 4.47. The molecule has 2 saturated heterocycles. The number of methoxy groups -OCH3 is 1. The highest BCUT2D eigenvalue weighted by Gasteiger charge is 2.63. The SMILES string of the molecule is COC(=O)[C@]12C[C@H](F)CN1[C@@H](c1ccc3c(c1)OC(F)(F)O3)[C@@H](C(=O)O)C2. The third kappa shape index (κ3) is 2.61. The molecule has 10 heteroatoms. The number of ether oxygens (including phenoxy) is 3. The molecule has 0 saturated carbocycles. The van der Waals surface area contributed by atoms with Crippen LogP contribution in [0.5, 0.6) is 11.5 Å². The molecule has 4 atom stereocenters. The lowest BCUT2D eigenvalue weighted by atomic mass is 9.87. The minimum absolute atomic E-state index is 0.134. The molecule has 0 bridgehead atoms. The number of rotatable bonds is 3. The highest BCUT2D eigenvalue weighted by molar-refractivity contribution is 5.84. The molecule has 0 spiro atoms. The summed E-state index contributed by atoms with van der Waals surface area (Å²) in [7, 11) is 1.16. The van der Waals surface area contributed by atoms with Crippen LogP contribution in [0.1, 0.15) is 24.4 Å². The van der Waals surface area contributed by atoms with Gasteiger partial charge in [-0.15, -0.1) is 8.78 Å². The number of halogens is 3. The number of aliphatic carboxylic acids is 1. The molecule has 1 aromatic rings. The van der Waals surface area contributed by atoms with Crippen LogP contribution in [0, 0.1) is 5.92 Å². The minimum Gasteiger partial charge on any atom is -0.481 e. The van der Waals surface area contributed by atoms with Gasteiger partial charge in [-0.2, -0.15) is 0 Å². The summed E-state index contributed by atoms with van der Waals surface area (Å²) in [4.78, 5) is 25.7. The first kappa shape index (κ1) is 17.9. The number of alkyl halides is 3. The zero-order valence-corrected chi connectivity index (χ0v) is 14.2. The summed E-state index contributed by atoms with van der Waals surface area (Å²) in [5.74, 6) is -3.34. The van der Waals surface area contributed by atoms with Crippen LogP contribution in [0.25, 0.3) is 0 Å². The first-order valence-corrected chi connectivity index (χ1v) is 8.29. The van der Waals surface area contributed by atoms with Crippen molar-refractivity contribution in [2.24, 2.45) is 5.92 Å². The van der Waals surface area contributed by atoms with Gasteiger partial charge in [-0.05, 0) is 24.1 Å². The van der Waals surface area contributed by atoms with Crippen molar-refractivity contribution in [1.82, 2.24) is 4.90 Å². The van der Waals surface area contributed by atoms with E-state index in [2.05, 4.69) is 9.47 Å². The maximum absolute atomic E-state index is 14.2. The second-order valence-electron chi connectivity index (χ2n) is 6.94. The van der Waals surface area contributed by atoms with Crippen molar-refractivity contribution in [3.63, 3.8) is 0 Å². The number of carboxylic acid groups (broad SMARTS) is 1. The molecule has 0 amide bonds. The van der Waals surface area contributed by atoms with Gasteiger partial charge < -0.3 is 19.3 Å². The molecule has 0 radical (unpaired) electrons. The molecule has 3 aliphatic heterocycles. The van der Waals surface area contributed by atoms with Crippen LogP contribution < -0.4 is 9.47 Å². The molecule has 3 heterocycles. The number of esters is 1. The van der Waals surface area contributed by atoms with Crippen molar-refractivity contribution in [1.29, 1.82) is 0 Å². The van der Waals surface area contributed by atoms with Gasteiger partial charge in [0.25, 0.3) is 0 Å². The quantitative estimate of drug-likeness (QED) is 0.795. The predicted octanol–water partition coefficient (Wildman–Crippen LogP) is 2.11. The lowest BCUT2D eigenvalue weighted by Gasteiger charge is -2.32. The van der Waals surface area contributed by atoms with Gasteiger partial charge in [0.05, 0.1) is 13.0 Å². The molecule has 1 aromatic carbocycles. The standard InChI is InChI=1S/C17H16F3NO6/c1-25-15(24)16-5-9(18)7-21(16)13(10(6-16)14(22)23)8-2-3-11-12(4-8)27-17(19,20)26-11/h2-4,9-10,13H,5-7H2,1H3,(H,22,23)/t9-,10-,13-,16+/m0/s1. The largest absolute Gasteiger partial charge is 0.586 e. The van der Waals surface area contributed by atoms with E-state index in [0.29, 0.717) is 5.56 Å². The van der Waals surface area contributed by atoms with E-state index in [1.165, 1.54) is 23.1 Å². The van der Waals surface area contributed by atoms with E-state index in [1.54, 1.807) is 0 Å². The van der Waals surface area contributed by atoms with Crippen molar-refractivity contribution >= 4 is 11.9 Å². The Morgan fingerprint density at radius 1 is 1.26 bits per heavy atom. The average Bonchev–Trinajstić information content (AvgIpc) is 3.18. The Hall–Kier alpha value is -2.49. The fraction of sp³-hybridized carbons (Fsp3) is 0.529. The van der Waals surface area contributed by atoms with Gasteiger partial charge in [-0.25, -0.2) is 4.39 Å². The van der Waals surface area contributed by atoms with E-state index < -0.39 is 41.9 Å². The van der Waals surface area contributed by atoms with Crippen molar-refractivity contribution in [2.45, 2.75) is 36.9 Å². The highest BCUT2D eigenvalue weighted by atomic mass is 19.3. The molecule has 0 aliphatic carbocycles. The second kappa shape index (κ2) is 5.75. The molecule has 4 rings (SSSR count). The molecule has 2 fully saturated rings. The topological polar surface area (TPSA) is 85.3 Å². The number of carbonyl (C=O) groups excluding carboxylic acids is 1. The number of fused-ring (bicyclic) bond motifs is 2. The third-order valence-corrected chi connectivity index (χ3v) is 5.43. The van der Waals surface area contributed by atoms with Gasteiger partial charge in [0.15, 0.2) is 11.5 Å². The summed E-state index contributed by atoms with van der Waals surface area (Å²) in [5.41, 5.74) is -1.08. The minimum atomic E-state index is -3.81. The number of carboxylic acids is 1. The summed E-state index contributed by atoms with van der Waals surface area (Å²) in [6, 6.07) is 3.01. The Balaban J connectivity index is 1.77. The van der Waals surface area contributed by atoms with E-state index in [0.717, 1.165) is 7.11 Å². The Kier molecular flexibility index (Phi) is 3.81. The van der Waals surface area contributed by atoms with Gasteiger partial charge in [0, 0.05) is 19.0 Å². The lowest BCUT2D eigenvalue weighted by molar-refractivity contribution is -0.286. The fourth-order valence-electron chi connectivity index (χ4n) is 4.47. The maximum Gasteiger partial charge on any atom is 0.586 e. The summed E-state index contributed by atoms with van der Waals surface area (Å²) < 4.78 is 54.3. The van der Waals surface area contributed by atoms with E-state index in [4.69, 9.17) is 4.74 Å². The molecule has 146 valence electrons. The average molecular weight is 387 g/mol. The summed E-state index contributed by atoms with van der Waals surface area (Å²) in [5, 5.41) is 9.66. The number of nitrogens with zero attached hydrogens (tertiary/aromatic N) is 1. The van der Waals surface area contributed by atoms with Crippen LogP contribution in [-0.2, 0) is 14.3 Å². The first-order valence-electron chi connectivity index (χ1n) is 8.29. The Morgan fingerprint density at radius 2 is 1.96 bits per heavy atom. The molecule has 7 nitrogen and oxygen atoms in total. The maximum atomic E-state index is 14.2. The highest BCUT2D eigenvalue weighted by Crippen LogP contribution is 2.54. The predicted molar refractivity (Wildman–Crippen MR) is 82.1 cm³/mol. The first-order chi connectivity index (χ1) is 12.7. The van der Waals surface area contributed by atoms with Crippen molar-refractivity contribution < 1.29 is 42.1 Å². The number of hydrogen-bond acceptors (Lipinski definition) is 6. The van der Waals surface area contributed by atoms with Crippen LogP contribution in [0.3, 0.4) is 0 Å². The van der Waals surface area contributed by atoms with Gasteiger partial charge in [0.1, 0.15) is 11.7 Å². The Labute approximate surface area is 151 Å². The van der Waals surface area contributed by atoms with E-state index in [-0.39, 0.29) is 30.9 Å². The van der Waals surface area contributed by atoms with Crippen molar-refractivity contribution in [2.75, 3.05) is 13.7 Å². The van der Waals surface area contributed by atoms with Gasteiger partial charge in [0.2, 0.25) is 0 Å². The third-order valence-electron chi connectivity index (χ3n) is 5.43. The smallest absolute Gasteiger partial charge is 0.481 e. The second-order valence-corrected chi connectivity index (χ2v) is 6.94. The Bertz CT molecular complexity index is 818. The van der Waals surface area contributed by atoms with Crippen LogP contribution in [0.15, 0.2) is 18.2 Å². The summed E-state index contributed by atoms with van der Waals surface area (Å²) >= 11 is 0. The van der Waals surface area contributed by atoms with Gasteiger partial charge >= 0.3 is 18.2 Å². The molecule has 0 aromatic heterocycles. The van der Waals surface area contributed by atoms with E-state index in [1.807, 2.05) is 0 Å². The van der Waals surface area contributed by atoms with E-state index >= 15 is 0 Å². The number of carbonyl (C=O) groups is 2. The van der Waals surface area contributed by atoms with Crippen molar-refractivity contribution in [3.8, 4) is 11.5 Å². The zero-order valence-electron chi connectivity index (χ0n) is 14.2. The van der Waals surface area contributed by atoms with Crippen LogP contribution >= 0.6 is 0 Å². The zero-order chi connectivity index (χ0) is 19.6. The molecule has 3 aliphatic rings. The number of benzene rings is 1.